The fraction of sp³-hybridized carbons (Fsp3) is 0.375. The van der Waals surface area contributed by atoms with Crippen LogP contribution in [0.15, 0.2) is 11.8 Å². The highest BCUT2D eigenvalue weighted by atomic mass is 19.2. The third-order valence-electron chi connectivity index (χ3n) is 3.21. The van der Waals surface area contributed by atoms with E-state index in [-0.39, 0.29) is 19.4 Å². The Labute approximate surface area is 135 Å². The summed E-state index contributed by atoms with van der Waals surface area (Å²) in [5, 5.41) is 9.03. The van der Waals surface area contributed by atoms with E-state index in [9.17, 15) is 27.2 Å². The summed E-state index contributed by atoms with van der Waals surface area (Å²) in [7, 11) is 0. The van der Waals surface area contributed by atoms with Gasteiger partial charge in [0.2, 0.25) is 5.78 Å². The highest BCUT2D eigenvalue weighted by Crippen LogP contribution is 2.28. The molecule has 0 amide bonds. The first-order chi connectivity index (χ1) is 11.3. The lowest BCUT2D eigenvalue weighted by Crippen LogP contribution is -2.20. The molecule has 8 heteroatoms. The zero-order valence-electron chi connectivity index (χ0n) is 13.1. The van der Waals surface area contributed by atoms with Crippen LogP contribution in [0.3, 0.4) is 0 Å². The number of Topliss-reactive ketones (excluding diaryl/α,β-unsaturated/α-hetero) is 1. The molecule has 0 aliphatic heterocycles. The van der Waals surface area contributed by atoms with Crippen LogP contribution in [0, 0.1) is 23.3 Å². The van der Waals surface area contributed by atoms with Crippen LogP contribution in [0.25, 0.3) is 0 Å². The Balaban J connectivity index is 3.60. The molecule has 0 atom stereocenters. The molecule has 0 saturated heterocycles. The van der Waals surface area contributed by atoms with Crippen molar-refractivity contribution in [2.45, 2.75) is 33.1 Å². The number of hydrogen-bond donors (Lipinski definition) is 1. The number of unbranched alkanes of at least 4 members (excludes halogenated alkanes) is 1. The molecule has 24 heavy (non-hydrogen) atoms. The van der Waals surface area contributed by atoms with Crippen molar-refractivity contribution in [1.29, 1.82) is 0 Å². The summed E-state index contributed by atoms with van der Waals surface area (Å²) in [6, 6.07) is 0. The van der Waals surface area contributed by atoms with Gasteiger partial charge in [0.25, 0.3) is 0 Å². The van der Waals surface area contributed by atoms with Gasteiger partial charge in [0, 0.05) is 5.56 Å². The standard InChI is InChI=1S/C16H16F4O4/c1-3-5-6-8-10(12(18)14(20)13(19)11(8)17)15(21)9(16(22)23)7-24-4-2/h7H,3-6H2,1-2H3,(H,22,23). The van der Waals surface area contributed by atoms with E-state index in [1.165, 1.54) is 6.92 Å². The Morgan fingerprint density at radius 2 is 1.62 bits per heavy atom. The van der Waals surface area contributed by atoms with E-state index in [1.54, 1.807) is 6.92 Å². The number of carboxylic acid groups (broad SMARTS) is 1. The normalized spacial score (nSPS) is 11.5. The molecule has 0 unspecified atom stereocenters. The van der Waals surface area contributed by atoms with Gasteiger partial charge in [0.05, 0.1) is 12.2 Å². The number of ether oxygens (including phenoxy) is 1. The highest BCUT2D eigenvalue weighted by Gasteiger charge is 2.32. The first-order valence-electron chi connectivity index (χ1n) is 7.22. The largest absolute Gasteiger partial charge is 0.500 e. The molecule has 0 aliphatic rings. The lowest BCUT2D eigenvalue weighted by atomic mass is 9.94. The van der Waals surface area contributed by atoms with Crippen molar-refractivity contribution in [2.75, 3.05) is 6.61 Å². The number of ketones is 1. The number of hydrogen-bond acceptors (Lipinski definition) is 3. The van der Waals surface area contributed by atoms with Gasteiger partial charge < -0.3 is 9.84 Å². The first kappa shape index (κ1) is 19.7. The summed E-state index contributed by atoms with van der Waals surface area (Å²) in [6.07, 6.45) is 1.08. The summed E-state index contributed by atoms with van der Waals surface area (Å²) in [4.78, 5) is 23.4. The van der Waals surface area contributed by atoms with E-state index < -0.39 is 51.7 Å². The zero-order valence-corrected chi connectivity index (χ0v) is 13.1. The van der Waals surface area contributed by atoms with Gasteiger partial charge in [-0.25, -0.2) is 22.4 Å². The molecule has 0 bridgehead atoms. The predicted octanol–water partition coefficient (Wildman–Crippen LogP) is 3.77. The average Bonchev–Trinajstić information content (AvgIpc) is 2.54. The van der Waals surface area contributed by atoms with Crippen molar-refractivity contribution in [3.8, 4) is 0 Å². The molecule has 0 aliphatic carbocycles. The Hall–Kier alpha value is -2.38. The van der Waals surface area contributed by atoms with E-state index in [0.29, 0.717) is 12.7 Å². The number of benzene rings is 1. The van der Waals surface area contributed by atoms with Crippen LogP contribution in [-0.4, -0.2) is 23.5 Å². The minimum Gasteiger partial charge on any atom is -0.500 e. The molecule has 1 aromatic carbocycles. The number of carboxylic acids is 1. The quantitative estimate of drug-likeness (QED) is 0.114. The van der Waals surface area contributed by atoms with Crippen LogP contribution in [0.1, 0.15) is 42.6 Å². The van der Waals surface area contributed by atoms with Crippen LogP contribution in [0.4, 0.5) is 17.6 Å². The predicted molar refractivity (Wildman–Crippen MR) is 76.6 cm³/mol. The fourth-order valence-corrected chi connectivity index (χ4v) is 2.00. The maximum atomic E-state index is 14.1. The van der Waals surface area contributed by atoms with Crippen molar-refractivity contribution < 1.29 is 37.0 Å². The van der Waals surface area contributed by atoms with Gasteiger partial charge in [-0.1, -0.05) is 13.3 Å². The number of aliphatic carboxylic acids is 1. The third kappa shape index (κ3) is 3.93. The molecule has 0 aromatic heterocycles. The van der Waals surface area contributed by atoms with Crippen molar-refractivity contribution in [3.63, 3.8) is 0 Å². The molecule has 0 spiro atoms. The summed E-state index contributed by atoms with van der Waals surface area (Å²) < 4.78 is 59.7. The second kappa shape index (κ2) is 8.47. The van der Waals surface area contributed by atoms with Crippen LogP contribution in [0.5, 0.6) is 0 Å². The lowest BCUT2D eigenvalue weighted by Gasteiger charge is -2.13. The second-order valence-corrected chi connectivity index (χ2v) is 4.83. The van der Waals surface area contributed by atoms with E-state index in [2.05, 4.69) is 0 Å². The molecule has 1 rings (SSSR count). The summed E-state index contributed by atoms with van der Waals surface area (Å²) in [5.41, 5.74) is -2.84. The Morgan fingerprint density at radius 1 is 1.04 bits per heavy atom. The monoisotopic (exact) mass is 348 g/mol. The molecule has 0 radical (unpaired) electrons. The second-order valence-electron chi connectivity index (χ2n) is 4.83. The van der Waals surface area contributed by atoms with Crippen LogP contribution >= 0.6 is 0 Å². The number of halogens is 4. The SMILES string of the molecule is CCCCc1c(F)c(F)c(F)c(F)c1C(=O)C(=COCC)C(=O)O. The lowest BCUT2D eigenvalue weighted by molar-refractivity contribution is -0.132. The molecule has 132 valence electrons. The zero-order chi connectivity index (χ0) is 18.4. The molecule has 0 saturated carbocycles. The molecular weight excluding hydrogens is 332 g/mol. The summed E-state index contributed by atoms with van der Waals surface area (Å²) in [6.45, 7) is 3.24. The van der Waals surface area contributed by atoms with Gasteiger partial charge in [-0.05, 0) is 19.8 Å². The summed E-state index contributed by atoms with van der Waals surface area (Å²) >= 11 is 0. The Morgan fingerprint density at radius 3 is 2.12 bits per heavy atom. The fourth-order valence-electron chi connectivity index (χ4n) is 2.00. The minimum atomic E-state index is -2.17. The van der Waals surface area contributed by atoms with Gasteiger partial charge in [-0.3, -0.25) is 4.79 Å². The molecule has 1 N–H and O–H groups in total. The van der Waals surface area contributed by atoms with E-state index in [0.717, 1.165) is 0 Å². The van der Waals surface area contributed by atoms with E-state index in [4.69, 9.17) is 9.84 Å². The topological polar surface area (TPSA) is 63.6 Å². The molecule has 0 fully saturated rings. The first-order valence-corrected chi connectivity index (χ1v) is 7.22. The third-order valence-corrected chi connectivity index (χ3v) is 3.21. The van der Waals surface area contributed by atoms with Gasteiger partial charge in [0.1, 0.15) is 11.8 Å². The number of carbonyl (C=O) groups is 2. The van der Waals surface area contributed by atoms with Gasteiger partial charge in [0.15, 0.2) is 23.3 Å². The highest BCUT2D eigenvalue weighted by molar-refractivity contribution is 6.24. The maximum Gasteiger partial charge on any atom is 0.342 e. The maximum absolute atomic E-state index is 14.1. The minimum absolute atomic E-state index is 0.0153. The Kier molecular flexibility index (Phi) is 6.94. The van der Waals surface area contributed by atoms with Crippen molar-refractivity contribution in [2.24, 2.45) is 0 Å². The molecule has 1 aromatic rings. The molecule has 4 nitrogen and oxygen atoms in total. The van der Waals surface area contributed by atoms with Crippen LogP contribution < -0.4 is 0 Å². The summed E-state index contributed by atoms with van der Waals surface area (Å²) in [5.74, 6) is -11.1. The van der Waals surface area contributed by atoms with Gasteiger partial charge in [-0.2, -0.15) is 0 Å². The van der Waals surface area contributed by atoms with Crippen molar-refractivity contribution in [3.05, 3.63) is 46.2 Å². The smallest absolute Gasteiger partial charge is 0.342 e. The van der Waals surface area contributed by atoms with Crippen molar-refractivity contribution in [1.82, 2.24) is 0 Å². The van der Waals surface area contributed by atoms with E-state index in [1.807, 2.05) is 0 Å². The van der Waals surface area contributed by atoms with E-state index >= 15 is 0 Å². The number of carbonyl (C=O) groups excluding carboxylic acids is 1. The van der Waals surface area contributed by atoms with Gasteiger partial charge in [-0.15, -0.1) is 0 Å². The average molecular weight is 348 g/mol. The van der Waals surface area contributed by atoms with Crippen molar-refractivity contribution >= 4 is 11.8 Å². The van der Waals surface area contributed by atoms with Crippen LogP contribution in [-0.2, 0) is 16.0 Å². The molecular formula is C16H16F4O4. The van der Waals surface area contributed by atoms with Gasteiger partial charge >= 0.3 is 5.97 Å². The van der Waals surface area contributed by atoms with Crippen LogP contribution in [0.2, 0.25) is 0 Å². The Bertz CT molecular complexity index is 683. The molecule has 0 heterocycles. The number of rotatable bonds is 8.